The van der Waals surface area contributed by atoms with Crippen LogP contribution < -0.4 is 5.32 Å². The van der Waals surface area contributed by atoms with Gasteiger partial charge in [-0.2, -0.15) is 5.10 Å². The predicted octanol–water partition coefficient (Wildman–Crippen LogP) is 4.24. The summed E-state index contributed by atoms with van der Waals surface area (Å²) in [5.41, 5.74) is 2.47. The molecule has 112 valence electrons. The molecule has 1 fully saturated rings. The van der Waals surface area contributed by atoms with Gasteiger partial charge in [0, 0.05) is 18.8 Å². The van der Waals surface area contributed by atoms with Crippen molar-refractivity contribution < 1.29 is 0 Å². The number of aromatic nitrogens is 2. The third-order valence-corrected chi connectivity index (χ3v) is 4.50. The molecule has 1 heterocycles. The van der Waals surface area contributed by atoms with Gasteiger partial charge < -0.3 is 5.32 Å². The van der Waals surface area contributed by atoms with Crippen LogP contribution in [0.3, 0.4) is 0 Å². The molecule has 2 aromatic rings. The molecule has 1 N–H and O–H groups in total. The second kappa shape index (κ2) is 6.90. The van der Waals surface area contributed by atoms with Crippen molar-refractivity contribution in [2.75, 3.05) is 0 Å². The molecule has 1 unspecified atom stereocenters. The van der Waals surface area contributed by atoms with Gasteiger partial charge in [-0.3, -0.25) is 4.68 Å². The van der Waals surface area contributed by atoms with Gasteiger partial charge >= 0.3 is 0 Å². The molecule has 0 radical (unpaired) electrons. The third kappa shape index (κ3) is 3.73. The van der Waals surface area contributed by atoms with Crippen LogP contribution in [-0.2, 0) is 6.54 Å². The summed E-state index contributed by atoms with van der Waals surface area (Å²) in [7, 11) is 0. The fourth-order valence-electron chi connectivity index (χ4n) is 3.14. The minimum Gasteiger partial charge on any atom is -0.304 e. The smallest absolute Gasteiger partial charge is 0.0762 e. The average molecular weight is 283 g/mol. The summed E-state index contributed by atoms with van der Waals surface area (Å²) in [5, 5.41) is 8.31. The van der Waals surface area contributed by atoms with Crippen molar-refractivity contribution in [3.63, 3.8) is 0 Å². The number of nitrogens with zero attached hydrogens (tertiary/aromatic N) is 2. The van der Waals surface area contributed by atoms with Gasteiger partial charge in [0.25, 0.3) is 0 Å². The van der Waals surface area contributed by atoms with Crippen molar-refractivity contribution in [2.45, 2.75) is 57.7 Å². The fourth-order valence-corrected chi connectivity index (χ4v) is 3.14. The van der Waals surface area contributed by atoms with E-state index in [4.69, 9.17) is 5.10 Å². The van der Waals surface area contributed by atoms with Crippen molar-refractivity contribution in [3.05, 3.63) is 53.9 Å². The number of rotatable bonds is 5. The predicted molar refractivity (Wildman–Crippen MR) is 86.0 cm³/mol. The van der Waals surface area contributed by atoms with Crippen molar-refractivity contribution in [1.29, 1.82) is 0 Å². The minimum atomic E-state index is 0.353. The normalized spacial score (nSPS) is 17.8. The van der Waals surface area contributed by atoms with Gasteiger partial charge in [0.05, 0.1) is 11.7 Å². The van der Waals surface area contributed by atoms with Crippen molar-refractivity contribution in [2.24, 2.45) is 0 Å². The molecule has 21 heavy (non-hydrogen) atoms. The minimum absolute atomic E-state index is 0.353. The Morgan fingerprint density at radius 3 is 2.67 bits per heavy atom. The highest BCUT2D eigenvalue weighted by Gasteiger charge is 2.16. The van der Waals surface area contributed by atoms with Crippen LogP contribution in [-0.4, -0.2) is 9.78 Å². The first kappa shape index (κ1) is 14.3. The van der Waals surface area contributed by atoms with Crippen LogP contribution in [0.15, 0.2) is 42.6 Å². The van der Waals surface area contributed by atoms with Crippen LogP contribution in [0.1, 0.15) is 62.4 Å². The molecule has 1 atom stereocenters. The fraction of sp³-hybridized carbons (Fsp3) is 0.500. The van der Waals surface area contributed by atoms with Gasteiger partial charge in [-0.15, -0.1) is 0 Å². The maximum atomic E-state index is 4.75. The van der Waals surface area contributed by atoms with Gasteiger partial charge in [0.1, 0.15) is 0 Å². The summed E-state index contributed by atoms with van der Waals surface area (Å²) in [6, 6.07) is 13.7. The van der Waals surface area contributed by atoms with Gasteiger partial charge in [0.15, 0.2) is 0 Å². The van der Waals surface area contributed by atoms with Crippen LogP contribution in [0.4, 0.5) is 0 Å². The lowest BCUT2D eigenvalue weighted by Crippen LogP contribution is -2.19. The molecule has 3 rings (SSSR count). The molecule has 1 aliphatic carbocycles. The van der Waals surface area contributed by atoms with E-state index in [2.05, 4.69) is 59.5 Å². The first-order valence-corrected chi connectivity index (χ1v) is 8.15. The molecule has 0 saturated heterocycles. The molecule has 1 aromatic heterocycles. The van der Waals surface area contributed by atoms with E-state index in [0.717, 1.165) is 12.2 Å². The molecule has 1 aliphatic rings. The maximum Gasteiger partial charge on any atom is 0.0762 e. The van der Waals surface area contributed by atoms with E-state index in [1.165, 1.54) is 37.7 Å². The molecule has 0 amide bonds. The topological polar surface area (TPSA) is 29.9 Å². The number of hydrogen-bond donors (Lipinski definition) is 1. The molecule has 0 aliphatic heterocycles. The maximum absolute atomic E-state index is 4.75. The molecular weight excluding hydrogens is 258 g/mol. The third-order valence-electron chi connectivity index (χ3n) is 4.50. The van der Waals surface area contributed by atoms with E-state index in [9.17, 15) is 0 Å². The second-order valence-electron chi connectivity index (χ2n) is 6.09. The Hall–Kier alpha value is -1.61. The summed E-state index contributed by atoms with van der Waals surface area (Å²) in [4.78, 5) is 0. The zero-order chi connectivity index (χ0) is 14.5. The van der Waals surface area contributed by atoms with E-state index < -0.39 is 0 Å². The van der Waals surface area contributed by atoms with E-state index in [1.807, 2.05) is 0 Å². The summed E-state index contributed by atoms with van der Waals surface area (Å²) < 4.78 is 2.18. The van der Waals surface area contributed by atoms with E-state index >= 15 is 0 Å². The van der Waals surface area contributed by atoms with Gasteiger partial charge in [-0.25, -0.2) is 0 Å². The van der Waals surface area contributed by atoms with Crippen LogP contribution in [0.5, 0.6) is 0 Å². The lowest BCUT2D eigenvalue weighted by Gasteiger charge is -2.21. The van der Waals surface area contributed by atoms with E-state index in [-0.39, 0.29) is 0 Å². The summed E-state index contributed by atoms with van der Waals surface area (Å²) >= 11 is 0. The molecule has 1 saturated carbocycles. The Balaban J connectivity index is 1.55. The van der Waals surface area contributed by atoms with Crippen molar-refractivity contribution >= 4 is 0 Å². The zero-order valence-electron chi connectivity index (χ0n) is 12.8. The van der Waals surface area contributed by atoms with Crippen molar-refractivity contribution in [1.82, 2.24) is 15.1 Å². The largest absolute Gasteiger partial charge is 0.304 e. The number of benzene rings is 1. The van der Waals surface area contributed by atoms with Crippen LogP contribution in [0, 0.1) is 0 Å². The molecule has 0 spiro atoms. The summed E-state index contributed by atoms with van der Waals surface area (Å²) in [6.45, 7) is 3.03. The Morgan fingerprint density at radius 1 is 1.14 bits per heavy atom. The first-order chi connectivity index (χ1) is 10.3. The highest BCUT2D eigenvalue weighted by Crippen LogP contribution is 2.27. The molecular formula is C18H25N3. The van der Waals surface area contributed by atoms with Gasteiger partial charge in [-0.1, -0.05) is 49.6 Å². The first-order valence-electron chi connectivity index (χ1n) is 8.15. The highest BCUT2D eigenvalue weighted by atomic mass is 15.3. The summed E-state index contributed by atoms with van der Waals surface area (Å²) in [5.74, 6) is 0. The lowest BCUT2D eigenvalue weighted by atomic mass is 9.96. The van der Waals surface area contributed by atoms with Gasteiger partial charge in [-0.05, 0) is 31.4 Å². The van der Waals surface area contributed by atoms with Gasteiger partial charge in [0.2, 0.25) is 0 Å². The monoisotopic (exact) mass is 283 g/mol. The number of nitrogens with one attached hydrogen (secondary N) is 1. The SMILES string of the molecule is CC(NCc1ccn(C2CCCCC2)n1)c1ccccc1. The second-order valence-corrected chi connectivity index (χ2v) is 6.09. The Kier molecular flexibility index (Phi) is 4.71. The Labute approximate surface area is 127 Å². The quantitative estimate of drug-likeness (QED) is 0.889. The molecule has 3 heteroatoms. The van der Waals surface area contributed by atoms with E-state index in [0.29, 0.717) is 12.1 Å². The van der Waals surface area contributed by atoms with Crippen LogP contribution >= 0.6 is 0 Å². The summed E-state index contributed by atoms with van der Waals surface area (Å²) in [6.07, 6.45) is 8.82. The molecule has 3 nitrogen and oxygen atoms in total. The molecule has 1 aromatic carbocycles. The van der Waals surface area contributed by atoms with Crippen LogP contribution in [0.25, 0.3) is 0 Å². The Morgan fingerprint density at radius 2 is 1.90 bits per heavy atom. The lowest BCUT2D eigenvalue weighted by molar-refractivity contribution is 0.327. The average Bonchev–Trinajstić information content (AvgIpc) is 3.03. The molecule has 0 bridgehead atoms. The van der Waals surface area contributed by atoms with E-state index in [1.54, 1.807) is 0 Å². The standard InChI is InChI=1S/C18H25N3/c1-15(16-8-4-2-5-9-16)19-14-17-12-13-21(20-17)18-10-6-3-7-11-18/h2,4-5,8-9,12-13,15,18-19H,3,6-7,10-11,14H2,1H3. The Bertz CT molecular complexity index is 541. The highest BCUT2D eigenvalue weighted by molar-refractivity contribution is 5.18. The number of hydrogen-bond acceptors (Lipinski definition) is 2. The van der Waals surface area contributed by atoms with Crippen LogP contribution in [0.2, 0.25) is 0 Å². The zero-order valence-corrected chi connectivity index (χ0v) is 12.8. The van der Waals surface area contributed by atoms with Crippen molar-refractivity contribution in [3.8, 4) is 0 Å².